The molecule has 2 rings (SSSR count). The number of pyridine rings is 1. The van der Waals surface area contributed by atoms with Gasteiger partial charge >= 0.3 is 0 Å². The molecular weight excluding hydrogens is 255 g/mol. The van der Waals surface area contributed by atoms with Crippen LogP contribution in [0, 0.1) is 5.82 Å². The summed E-state index contributed by atoms with van der Waals surface area (Å²) in [5.74, 6) is 0.556. The first-order chi connectivity index (χ1) is 8.67. The molecule has 5 heteroatoms. The zero-order chi connectivity index (χ0) is 13.0. The third kappa shape index (κ3) is 3.42. The molecule has 18 heavy (non-hydrogen) atoms. The van der Waals surface area contributed by atoms with Gasteiger partial charge in [0, 0.05) is 24.9 Å². The van der Waals surface area contributed by atoms with Gasteiger partial charge in [-0.3, -0.25) is 4.98 Å². The summed E-state index contributed by atoms with van der Waals surface area (Å²) < 4.78 is 18.9. The van der Waals surface area contributed by atoms with Crippen molar-refractivity contribution in [3.8, 4) is 11.5 Å². The molecule has 0 saturated carbocycles. The molecule has 0 unspecified atom stereocenters. The molecular formula is C13H12ClFN2O. The second-order valence-electron chi connectivity index (χ2n) is 3.77. The number of nitrogens with one attached hydrogen (secondary N) is 1. The van der Waals surface area contributed by atoms with Crippen molar-refractivity contribution in [3.05, 3.63) is 53.1 Å². The monoisotopic (exact) mass is 266 g/mol. The molecule has 0 spiro atoms. The predicted octanol–water partition coefficient (Wildman–Crippen LogP) is 3.39. The molecule has 0 atom stereocenters. The van der Waals surface area contributed by atoms with Gasteiger partial charge in [0.25, 0.3) is 0 Å². The van der Waals surface area contributed by atoms with E-state index >= 15 is 0 Å². The Bertz CT molecular complexity index is 548. The summed E-state index contributed by atoms with van der Waals surface area (Å²) in [6, 6.07) is 6.16. The fourth-order valence-corrected chi connectivity index (χ4v) is 1.73. The predicted molar refractivity (Wildman–Crippen MR) is 68.5 cm³/mol. The molecule has 94 valence electrons. The summed E-state index contributed by atoms with van der Waals surface area (Å²) in [6.45, 7) is 0.571. The van der Waals surface area contributed by atoms with E-state index in [1.54, 1.807) is 19.2 Å². The maximum absolute atomic E-state index is 13.4. The fourth-order valence-electron chi connectivity index (χ4n) is 1.57. The molecule has 0 bridgehead atoms. The minimum absolute atomic E-state index is 0.340. The number of halogens is 2. The van der Waals surface area contributed by atoms with Crippen molar-refractivity contribution in [2.75, 3.05) is 7.05 Å². The van der Waals surface area contributed by atoms with Crippen molar-refractivity contribution in [1.82, 2.24) is 10.3 Å². The van der Waals surface area contributed by atoms with E-state index in [0.29, 0.717) is 23.1 Å². The van der Waals surface area contributed by atoms with Crippen LogP contribution in [0.15, 0.2) is 36.7 Å². The second kappa shape index (κ2) is 5.80. The van der Waals surface area contributed by atoms with Gasteiger partial charge in [0.2, 0.25) is 0 Å². The van der Waals surface area contributed by atoms with Crippen LogP contribution < -0.4 is 10.1 Å². The van der Waals surface area contributed by atoms with E-state index in [1.807, 2.05) is 0 Å². The van der Waals surface area contributed by atoms with E-state index in [2.05, 4.69) is 10.3 Å². The minimum atomic E-state index is -0.340. The second-order valence-corrected chi connectivity index (χ2v) is 4.20. The van der Waals surface area contributed by atoms with E-state index in [9.17, 15) is 4.39 Å². The first-order valence-corrected chi connectivity index (χ1v) is 5.77. The van der Waals surface area contributed by atoms with Crippen LogP contribution in [0.5, 0.6) is 11.5 Å². The third-order valence-corrected chi connectivity index (χ3v) is 2.43. The Morgan fingerprint density at radius 1 is 1.22 bits per heavy atom. The third-order valence-electron chi connectivity index (χ3n) is 2.23. The maximum Gasteiger partial charge on any atom is 0.147 e. The number of benzene rings is 1. The summed E-state index contributed by atoms with van der Waals surface area (Å²) in [5, 5.41) is 3.43. The van der Waals surface area contributed by atoms with E-state index in [4.69, 9.17) is 16.3 Å². The van der Waals surface area contributed by atoms with Crippen LogP contribution in [-0.2, 0) is 6.54 Å². The SMILES string of the molecule is CNCc1cc(F)cc(Oc2cncc(Cl)c2)c1. The van der Waals surface area contributed by atoms with Gasteiger partial charge < -0.3 is 10.1 Å². The Hall–Kier alpha value is -1.65. The lowest BCUT2D eigenvalue weighted by Gasteiger charge is -2.08. The summed E-state index contributed by atoms with van der Waals surface area (Å²) in [7, 11) is 1.80. The Morgan fingerprint density at radius 3 is 2.78 bits per heavy atom. The summed E-state index contributed by atoms with van der Waals surface area (Å²) in [4.78, 5) is 3.90. The molecule has 2 aromatic rings. The topological polar surface area (TPSA) is 34.1 Å². The van der Waals surface area contributed by atoms with Gasteiger partial charge in [-0.2, -0.15) is 0 Å². The van der Waals surface area contributed by atoms with Gasteiger partial charge in [-0.15, -0.1) is 0 Å². The average molecular weight is 267 g/mol. The maximum atomic E-state index is 13.4. The molecule has 0 radical (unpaired) electrons. The van der Waals surface area contributed by atoms with Crippen LogP contribution in [0.3, 0.4) is 0 Å². The van der Waals surface area contributed by atoms with Crippen LogP contribution in [0.1, 0.15) is 5.56 Å². The van der Waals surface area contributed by atoms with Crippen LogP contribution in [0.2, 0.25) is 5.02 Å². The van der Waals surface area contributed by atoms with Crippen molar-refractivity contribution in [2.24, 2.45) is 0 Å². The van der Waals surface area contributed by atoms with Crippen molar-refractivity contribution < 1.29 is 9.13 Å². The highest BCUT2D eigenvalue weighted by atomic mass is 35.5. The highest BCUT2D eigenvalue weighted by molar-refractivity contribution is 6.30. The van der Waals surface area contributed by atoms with Gasteiger partial charge in [0.15, 0.2) is 0 Å². The lowest BCUT2D eigenvalue weighted by atomic mass is 10.2. The van der Waals surface area contributed by atoms with Gasteiger partial charge in [-0.1, -0.05) is 11.6 Å². The molecule has 0 saturated heterocycles. The Morgan fingerprint density at radius 2 is 2.06 bits per heavy atom. The molecule has 0 aliphatic heterocycles. The highest BCUT2D eigenvalue weighted by Crippen LogP contribution is 2.24. The Labute approximate surface area is 110 Å². The van der Waals surface area contributed by atoms with E-state index in [0.717, 1.165) is 5.56 Å². The molecule has 1 heterocycles. The van der Waals surface area contributed by atoms with Gasteiger partial charge in [0.05, 0.1) is 11.2 Å². The molecule has 1 aromatic heterocycles. The molecule has 3 nitrogen and oxygen atoms in total. The van der Waals surface area contributed by atoms with E-state index in [-0.39, 0.29) is 5.82 Å². The number of hydrogen-bond donors (Lipinski definition) is 1. The minimum Gasteiger partial charge on any atom is -0.456 e. The standard InChI is InChI=1S/C13H12ClFN2O/c1-16-6-9-2-11(15)5-12(3-9)18-13-4-10(14)7-17-8-13/h2-5,7-8,16H,6H2,1H3. The van der Waals surface area contributed by atoms with Crippen molar-refractivity contribution >= 4 is 11.6 Å². The number of aromatic nitrogens is 1. The lowest BCUT2D eigenvalue weighted by molar-refractivity contribution is 0.473. The summed E-state index contributed by atoms with van der Waals surface area (Å²) >= 11 is 5.80. The number of ether oxygens (including phenoxy) is 1. The normalized spacial score (nSPS) is 10.4. The quantitative estimate of drug-likeness (QED) is 0.921. The average Bonchev–Trinajstić information content (AvgIpc) is 2.28. The fraction of sp³-hybridized carbons (Fsp3) is 0.154. The zero-order valence-electron chi connectivity index (χ0n) is 9.78. The first-order valence-electron chi connectivity index (χ1n) is 5.40. The largest absolute Gasteiger partial charge is 0.456 e. The summed E-state index contributed by atoms with van der Waals surface area (Å²) in [6.07, 6.45) is 3.03. The van der Waals surface area contributed by atoms with Gasteiger partial charge in [-0.05, 0) is 24.7 Å². The van der Waals surface area contributed by atoms with Crippen LogP contribution in [0.4, 0.5) is 4.39 Å². The smallest absolute Gasteiger partial charge is 0.147 e. The van der Waals surface area contributed by atoms with Crippen LogP contribution in [0.25, 0.3) is 0 Å². The van der Waals surface area contributed by atoms with Gasteiger partial charge in [0.1, 0.15) is 17.3 Å². The molecule has 0 amide bonds. The number of hydrogen-bond acceptors (Lipinski definition) is 3. The molecule has 1 aromatic carbocycles. The van der Waals surface area contributed by atoms with E-state index < -0.39 is 0 Å². The molecule has 0 aliphatic rings. The lowest BCUT2D eigenvalue weighted by Crippen LogP contribution is -2.05. The first kappa shape index (κ1) is 12.8. The molecule has 0 fully saturated rings. The van der Waals surface area contributed by atoms with Crippen molar-refractivity contribution in [3.63, 3.8) is 0 Å². The molecule has 1 N–H and O–H groups in total. The van der Waals surface area contributed by atoms with Crippen LogP contribution in [-0.4, -0.2) is 12.0 Å². The zero-order valence-corrected chi connectivity index (χ0v) is 10.5. The Kier molecular flexibility index (Phi) is 4.12. The summed E-state index contributed by atoms with van der Waals surface area (Å²) in [5.41, 5.74) is 0.808. The Balaban J connectivity index is 2.23. The molecule has 0 aliphatic carbocycles. The van der Waals surface area contributed by atoms with Crippen molar-refractivity contribution in [2.45, 2.75) is 6.54 Å². The highest BCUT2D eigenvalue weighted by Gasteiger charge is 2.03. The number of nitrogens with zero attached hydrogens (tertiary/aromatic N) is 1. The number of rotatable bonds is 4. The van der Waals surface area contributed by atoms with Crippen molar-refractivity contribution in [1.29, 1.82) is 0 Å². The van der Waals surface area contributed by atoms with Gasteiger partial charge in [-0.25, -0.2) is 4.39 Å². The van der Waals surface area contributed by atoms with E-state index in [1.165, 1.54) is 24.5 Å². The van der Waals surface area contributed by atoms with Crippen LogP contribution >= 0.6 is 11.6 Å².